The Balaban J connectivity index is 1.61. The lowest BCUT2D eigenvalue weighted by molar-refractivity contribution is -0.151. The number of esters is 1. The molecule has 0 radical (unpaired) electrons. The Morgan fingerprint density at radius 1 is 1.23 bits per heavy atom. The zero-order valence-electron chi connectivity index (χ0n) is 17.6. The predicted octanol–water partition coefficient (Wildman–Crippen LogP) is 4.63. The Labute approximate surface area is 181 Å². The SMILES string of the molecule is CCOC(=O)[C@@H]1CCCN(C(=O)C[C@@H](c2cccc(F)c2)c2c[nH]c3ccccc23)C1. The molecule has 2 heterocycles. The van der Waals surface area contributed by atoms with Crippen LogP contribution in [0.1, 0.15) is 43.2 Å². The third kappa shape index (κ3) is 4.63. The summed E-state index contributed by atoms with van der Waals surface area (Å²) in [6, 6.07) is 14.3. The molecule has 6 heteroatoms. The van der Waals surface area contributed by atoms with E-state index < -0.39 is 0 Å². The van der Waals surface area contributed by atoms with Gasteiger partial charge in [0, 0.05) is 42.5 Å². The van der Waals surface area contributed by atoms with E-state index in [9.17, 15) is 14.0 Å². The third-order valence-corrected chi connectivity index (χ3v) is 6.02. The third-order valence-electron chi connectivity index (χ3n) is 6.02. The molecule has 31 heavy (non-hydrogen) atoms. The molecule has 162 valence electrons. The average molecular weight is 423 g/mol. The first-order valence-corrected chi connectivity index (χ1v) is 10.8. The van der Waals surface area contributed by atoms with Gasteiger partial charge in [0.15, 0.2) is 0 Å². The molecule has 1 N–H and O–H groups in total. The molecule has 5 nitrogen and oxygen atoms in total. The monoisotopic (exact) mass is 422 g/mol. The van der Waals surface area contributed by atoms with Gasteiger partial charge in [0.05, 0.1) is 12.5 Å². The van der Waals surface area contributed by atoms with Crippen molar-refractivity contribution >= 4 is 22.8 Å². The topological polar surface area (TPSA) is 62.4 Å². The number of aromatic nitrogens is 1. The van der Waals surface area contributed by atoms with Gasteiger partial charge in [0.25, 0.3) is 0 Å². The van der Waals surface area contributed by atoms with Gasteiger partial charge in [-0.2, -0.15) is 0 Å². The number of benzene rings is 2. The largest absolute Gasteiger partial charge is 0.466 e. The summed E-state index contributed by atoms with van der Waals surface area (Å²) < 4.78 is 19.2. The lowest BCUT2D eigenvalue weighted by atomic mass is 9.87. The van der Waals surface area contributed by atoms with Gasteiger partial charge in [-0.25, -0.2) is 4.39 Å². The first-order valence-electron chi connectivity index (χ1n) is 10.8. The summed E-state index contributed by atoms with van der Waals surface area (Å²) in [5.74, 6) is -1.16. The molecule has 0 bridgehead atoms. The van der Waals surface area contributed by atoms with Crippen molar-refractivity contribution in [1.82, 2.24) is 9.88 Å². The number of likely N-dealkylation sites (tertiary alicyclic amines) is 1. The second kappa shape index (κ2) is 9.33. The quantitative estimate of drug-likeness (QED) is 0.589. The number of nitrogens with one attached hydrogen (secondary N) is 1. The van der Waals surface area contributed by atoms with Gasteiger partial charge in [-0.1, -0.05) is 30.3 Å². The summed E-state index contributed by atoms with van der Waals surface area (Å²) in [7, 11) is 0. The lowest BCUT2D eigenvalue weighted by Crippen LogP contribution is -2.43. The standard InChI is InChI=1S/C25H27FN2O3/c1-2-31-25(30)18-8-6-12-28(16-18)24(29)14-21(17-7-5-9-19(26)13-17)22-15-27-23-11-4-3-10-20(22)23/h3-5,7,9-11,13,15,18,21,27H,2,6,8,12,14,16H2,1H3/t18-,21+/m1/s1. The van der Waals surface area contributed by atoms with Crippen molar-refractivity contribution in [3.63, 3.8) is 0 Å². The van der Waals surface area contributed by atoms with Gasteiger partial charge in [0.1, 0.15) is 5.82 Å². The minimum Gasteiger partial charge on any atom is -0.466 e. The molecule has 3 aromatic rings. The molecule has 1 amide bonds. The van der Waals surface area contributed by atoms with Crippen molar-refractivity contribution < 1.29 is 18.7 Å². The highest BCUT2D eigenvalue weighted by molar-refractivity contribution is 5.86. The molecule has 2 atom stereocenters. The summed E-state index contributed by atoms with van der Waals surface area (Å²) in [5, 5.41) is 1.02. The number of ether oxygens (including phenoxy) is 1. The molecule has 1 aliphatic rings. The van der Waals surface area contributed by atoms with Crippen LogP contribution in [0.15, 0.2) is 54.7 Å². The van der Waals surface area contributed by atoms with E-state index in [4.69, 9.17) is 4.74 Å². The van der Waals surface area contributed by atoms with Crippen LogP contribution in [0.3, 0.4) is 0 Å². The van der Waals surface area contributed by atoms with E-state index in [1.165, 1.54) is 12.1 Å². The number of hydrogen-bond donors (Lipinski definition) is 1. The zero-order chi connectivity index (χ0) is 21.8. The van der Waals surface area contributed by atoms with Gasteiger partial charge in [-0.05, 0) is 49.1 Å². The minimum atomic E-state index is -0.324. The Bertz CT molecular complexity index is 1080. The van der Waals surface area contributed by atoms with Crippen molar-refractivity contribution in [2.45, 2.75) is 32.1 Å². The number of amides is 1. The van der Waals surface area contributed by atoms with Crippen molar-refractivity contribution in [1.29, 1.82) is 0 Å². The van der Waals surface area contributed by atoms with E-state index in [0.29, 0.717) is 19.7 Å². The number of piperidine rings is 1. The van der Waals surface area contributed by atoms with E-state index in [-0.39, 0.29) is 36.0 Å². The Morgan fingerprint density at radius 2 is 2.06 bits per heavy atom. The van der Waals surface area contributed by atoms with Crippen LogP contribution >= 0.6 is 0 Å². The molecule has 4 rings (SSSR count). The van der Waals surface area contributed by atoms with Crippen LogP contribution in [0.5, 0.6) is 0 Å². The van der Waals surface area contributed by atoms with Gasteiger partial charge >= 0.3 is 5.97 Å². The molecular weight excluding hydrogens is 395 g/mol. The Kier molecular flexibility index (Phi) is 6.35. The first-order chi connectivity index (χ1) is 15.1. The molecule has 0 unspecified atom stereocenters. The molecule has 0 spiro atoms. The number of halogens is 1. The van der Waals surface area contributed by atoms with Crippen molar-refractivity contribution in [2.24, 2.45) is 5.92 Å². The zero-order valence-corrected chi connectivity index (χ0v) is 17.6. The number of nitrogens with zero attached hydrogens (tertiary/aromatic N) is 1. The van der Waals surface area contributed by atoms with Crippen LogP contribution in [0.25, 0.3) is 10.9 Å². The Morgan fingerprint density at radius 3 is 2.87 bits per heavy atom. The number of hydrogen-bond acceptors (Lipinski definition) is 3. The molecular formula is C25H27FN2O3. The van der Waals surface area contributed by atoms with Crippen LogP contribution in [-0.2, 0) is 14.3 Å². The number of rotatable bonds is 6. The number of H-pyrrole nitrogens is 1. The number of aromatic amines is 1. The fourth-order valence-electron chi connectivity index (χ4n) is 4.47. The predicted molar refractivity (Wildman–Crippen MR) is 117 cm³/mol. The average Bonchev–Trinajstić information content (AvgIpc) is 3.21. The molecule has 1 fully saturated rings. The maximum absolute atomic E-state index is 14.0. The van der Waals surface area contributed by atoms with Crippen molar-refractivity contribution in [3.05, 3.63) is 71.7 Å². The van der Waals surface area contributed by atoms with Crippen molar-refractivity contribution in [2.75, 3.05) is 19.7 Å². The second-order valence-electron chi connectivity index (χ2n) is 8.03. The smallest absolute Gasteiger partial charge is 0.310 e. The number of carbonyl (C=O) groups is 2. The lowest BCUT2D eigenvalue weighted by Gasteiger charge is -2.32. The van der Waals surface area contributed by atoms with Gasteiger partial charge in [-0.15, -0.1) is 0 Å². The van der Waals surface area contributed by atoms with E-state index in [0.717, 1.165) is 34.9 Å². The molecule has 1 saturated heterocycles. The number of fused-ring (bicyclic) bond motifs is 1. The molecule has 2 aromatic carbocycles. The summed E-state index contributed by atoms with van der Waals surface area (Å²) in [4.78, 5) is 30.5. The maximum atomic E-state index is 14.0. The summed E-state index contributed by atoms with van der Waals surface area (Å²) in [5.41, 5.74) is 2.71. The van der Waals surface area contributed by atoms with E-state index in [2.05, 4.69) is 4.98 Å². The summed E-state index contributed by atoms with van der Waals surface area (Å²) in [6.07, 6.45) is 3.62. The second-order valence-corrected chi connectivity index (χ2v) is 8.03. The van der Waals surface area contributed by atoms with Gasteiger partial charge < -0.3 is 14.6 Å². The minimum absolute atomic E-state index is 0.0338. The summed E-state index contributed by atoms with van der Waals surface area (Å²) >= 11 is 0. The van der Waals surface area contributed by atoms with Crippen molar-refractivity contribution in [3.8, 4) is 0 Å². The maximum Gasteiger partial charge on any atom is 0.310 e. The number of carbonyl (C=O) groups excluding carboxylic acids is 2. The molecule has 1 aliphatic heterocycles. The fourth-order valence-corrected chi connectivity index (χ4v) is 4.47. The Hall–Kier alpha value is -3.15. The van der Waals surface area contributed by atoms with E-state index in [1.54, 1.807) is 17.9 Å². The highest BCUT2D eigenvalue weighted by atomic mass is 19.1. The molecule has 0 saturated carbocycles. The highest BCUT2D eigenvalue weighted by Crippen LogP contribution is 2.34. The molecule has 0 aliphatic carbocycles. The van der Waals surface area contributed by atoms with Gasteiger partial charge in [0.2, 0.25) is 5.91 Å². The number of para-hydroxylation sites is 1. The van der Waals surface area contributed by atoms with Crippen LogP contribution < -0.4 is 0 Å². The van der Waals surface area contributed by atoms with Crippen LogP contribution in [0.2, 0.25) is 0 Å². The van der Waals surface area contributed by atoms with Crippen LogP contribution in [-0.4, -0.2) is 41.5 Å². The molecule has 1 aromatic heterocycles. The highest BCUT2D eigenvalue weighted by Gasteiger charge is 2.31. The summed E-state index contributed by atoms with van der Waals surface area (Å²) in [6.45, 7) is 3.12. The van der Waals surface area contributed by atoms with Gasteiger partial charge in [-0.3, -0.25) is 9.59 Å². The fraction of sp³-hybridized carbons (Fsp3) is 0.360. The van der Waals surface area contributed by atoms with Crippen LogP contribution in [0, 0.1) is 11.7 Å². The van der Waals surface area contributed by atoms with E-state index >= 15 is 0 Å². The normalized spacial score (nSPS) is 17.5. The van der Waals surface area contributed by atoms with Crippen LogP contribution in [0.4, 0.5) is 4.39 Å². The first kappa shape index (κ1) is 21.1. The van der Waals surface area contributed by atoms with E-state index in [1.807, 2.05) is 36.5 Å².